The number of amides is 1. The van der Waals surface area contributed by atoms with Crippen LogP contribution in [0.25, 0.3) is 10.9 Å². The molecule has 2 N–H and O–H groups in total. The van der Waals surface area contributed by atoms with E-state index in [2.05, 4.69) is 15.3 Å². The fraction of sp³-hybridized carbons (Fsp3) is 0.176. The number of aromatic amines is 1. The fourth-order valence-corrected chi connectivity index (χ4v) is 2.99. The van der Waals surface area contributed by atoms with Crippen molar-refractivity contribution in [3.63, 3.8) is 0 Å². The predicted octanol–water partition coefficient (Wildman–Crippen LogP) is 2.72. The summed E-state index contributed by atoms with van der Waals surface area (Å²) in [5.74, 6) is -1.09. The first-order chi connectivity index (χ1) is 12.0. The van der Waals surface area contributed by atoms with Gasteiger partial charge in [0.15, 0.2) is 5.13 Å². The van der Waals surface area contributed by atoms with Gasteiger partial charge in [-0.1, -0.05) is 23.0 Å². The lowest BCUT2D eigenvalue weighted by Gasteiger charge is -2.04. The molecule has 0 atom stereocenters. The van der Waals surface area contributed by atoms with E-state index in [4.69, 9.17) is 4.74 Å². The molecule has 25 heavy (non-hydrogen) atoms. The summed E-state index contributed by atoms with van der Waals surface area (Å²) in [5, 5.41) is 3.52. The van der Waals surface area contributed by atoms with Crippen LogP contribution < -0.4 is 10.9 Å². The number of anilines is 1. The standard InChI is InChI=1S/C17H15N3O4S/c1-3-24-16(23)13-8-18-17(25-13)20-15(22)11-7-10-6-9(2)4-5-12(10)19-14(11)21/h4-8H,3H2,1-2H3,(H,19,21)(H,18,20,22). The van der Waals surface area contributed by atoms with Gasteiger partial charge in [0.1, 0.15) is 10.4 Å². The molecule has 0 radical (unpaired) electrons. The molecule has 128 valence electrons. The second kappa shape index (κ2) is 6.86. The first-order valence-electron chi connectivity index (χ1n) is 7.56. The van der Waals surface area contributed by atoms with Crippen molar-refractivity contribution in [2.75, 3.05) is 11.9 Å². The summed E-state index contributed by atoms with van der Waals surface area (Å²) in [5.41, 5.74) is 1.16. The molecule has 2 aromatic heterocycles. The molecule has 0 aliphatic heterocycles. The van der Waals surface area contributed by atoms with E-state index in [1.807, 2.05) is 19.1 Å². The average molecular weight is 357 g/mol. The number of H-pyrrole nitrogens is 1. The van der Waals surface area contributed by atoms with Crippen LogP contribution in [-0.4, -0.2) is 28.5 Å². The summed E-state index contributed by atoms with van der Waals surface area (Å²) < 4.78 is 4.87. The molecule has 8 heteroatoms. The average Bonchev–Trinajstić information content (AvgIpc) is 3.03. The Morgan fingerprint density at radius 1 is 1.32 bits per heavy atom. The molecule has 3 aromatic rings. The number of hydrogen-bond acceptors (Lipinski definition) is 6. The number of rotatable bonds is 4. The third kappa shape index (κ3) is 3.58. The Kier molecular flexibility index (Phi) is 4.62. The maximum atomic E-state index is 12.4. The monoisotopic (exact) mass is 357 g/mol. The van der Waals surface area contributed by atoms with Crippen molar-refractivity contribution in [1.29, 1.82) is 0 Å². The molecule has 1 amide bonds. The quantitative estimate of drug-likeness (QED) is 0.699. The fourth-order valence-electron chi connectivity index (χ4n) is 2.29. The zero-order valence-electron chi connectivity index (χ0n) is 13.6. The molecule has 0 bridgehead atoms. The first kappa shape index (κ1) is 16.8. The summed E-state index contributed by atoms with van der Waals surface area (Å²) in [7, 11) is 0. The molecule has 0 saturated heterocycles. The number of aryl methyl sites for hydroxylation is 1. The van der Waals surface area contributed by atoms with Gasteiger partial charge in [-0.15, -0.1) is 0 Å². The van der Waals surface area contributed by atoms with Crippen LogP contribution in [0.15, 0.2) is 35.3 Å². The van der Waals surface area contributed by atoms with Crippen molar-refractivity contribution < 1.29 is 14.3 Å². The molecule has 1 aromatic carbocycles. The van der Waals surface area contributed by atoms with Crippen LogP contribution in [0.1, 0.15) is 32.5 Å². The van der Waals surface area contributed by atoms with Gasteiger partial charge in [0, 0.05) is 5.52 Å². The van der Waals surface area contributed by atoms with Crippen molar-refractivity contribution in [2.24, 2.45) is 0 Å². The molecule has 3 rings (SSSR count). The number of aromatic nitrogens is 2. The zero-order valence-corrected chi connectivity index (χ0v) is 14.4. The minimum atomic E-state index is -0.589. The van der Waals surface area contributed by atoms with Gasteiger partial charge in [-0.25, -0.2) is 9.78 Å². The number of esters is 1. The van der Waals surface area contributed by atoms with Crippen LogP contribution in [-0.2, 0) is 4.74 Å². The Labute approximate surface area is 146 Å². The van der Waals surface area contributed by atoms with Gasteiger partial charge in [-0.2, -0.15) is 0 Å². The highest BCUT2D eigenvalue weighted by atomic mass is 32.1. The van der Waals surface area contributed by atoms with Crippen molar-refractivity contribution in [2.45, 2.75) is 13.8 Å². The Morgan fingerprint density at radius 3 is 2.88 bits per heavy atom. The number of benzene rings is 1. The second-order valence-electron chi connectivity index (χ2n) is 5.31. The molecule has 0 unspecified atom stereocenters. The van der Waals surface area contributed by atoms with Crippen LogP contribution in [0.4, 0.5) is 5.13 Å². The van der Waals surface area contributed by atoms with Crippen LogP contribution in [0.3, 0.4) is 0 Å². The highest BCUT2D eigenvalue weighted by Crippen LogP contribution is 2.20. The lowest BCUT2D eigenvalue weighted by molar-refractivity contribution is 0.0531. The van der Waals surface area contributed by atoms with Gasteiger partial charge < -0.3 is 9.72 Å². The van der Waals surface area contributed by atoms with Crippen molar-refractivity contribution >= 4 is 39.2 Å². The molecule has 0 spiro atoms. The molecule has 0 fully saturated rings. The van der Waals surface area contributed by atoms with Gasteiger partial charge in [-0.3, -0.25) is 14.9 Å². The van der Waals surface area contributed by atoms with Crippen molar-refractivity contribution in [1.82, 2.24) is 9.97 Å². The minimum Gasteiger partial charge on any atom is -0.462 e. The second-order valence-corrected chi connectivity index (χ2v) is 6.34. The number of nitrogens with one attached hydrogen (secondary N) is 2. The summed E-state index contributed by atoms with van der Waals surface area (Å²) in [4.78, 5) is 43.1. The highest BCUT2D eigenvalue weighted by Gasteiger charge is 2.16. The van der Waals surface area contributed by atoms with E-state index in [-0.39, 0.29) is 22.2 Å². The zero-order chi connectivity index (χ0) is 18.0. The lowest BCUT2D eigenvalue weighted by Crippen LogP contribution is -2.22. The Bertz CT molecular complexity index is 1020. The SMILES string of the molecule is CCOC(=O)c1cnc(NC(=O)c2cc3cc(C)ccc3[nH]c2=O)s1. The number of pyridine rings is 1. The summed E-state index contributed by atoms with van der Waals surface area (Å²) >= 11 is 0.986. The smallest absolute Gasteiger partial charge is 0.350 e. The number of fused-ring (bicyclic) bond motifs is 1. The van der Waals surface area contributed by atoms with E-state index in [0.717, 1.165) is 22.3 Å². The van der Waals surface area contributed by atoms with E-state index >= 15 is 0 Å². The number of thiazole rings is 1. The maximum absolute atomic E-state index is 12.4. The van der Waals surface area contributed by atoms with Crippen molar-refractivity contribution in [3.8, 4) is 0 Å². The molecule has 0 saturated carbocycles. The Hall–Kier alpha value is -3.00. The van der Waals surface area contributed by atoms with Crippen molar-refractivity contribution in [3.05, 3.63) is 56.8 Å². The number of carbonyl (C=O) groups is 2. The molecule has 0 aliphatic rings. The van der Waals surface area contributed by atoms with E-state index in [1.54, 1.807) is 13.0 Å². The van der Waals surface area contributed by atoms with Gasteiger partial charge in [0.05, 0.1) is 12.8 Å². The van der Waals surface area contributed by atoms with E-state index in [9.17, 15) is 14.4 Å². The lowest BCUT2D eigenvalue weighted by atomic mass is 10.1. The van der Waals surface area contributed by atoms with E-state index < -0.39 is 17.4 Å². The molecule has 2 heterocycles. The Balaban J connectivity index is 1.86. The number of hydrogen-bond donors (Lipinski definition) is 2. The van der Waals surface area contributed by atoms with Crippen LogP contribution in [0.5, 0.6) is 0 Å². The summed E-state index contributed by atoms with van der Waals surface area (Å²) in [6.07, 6.45) is 1.33. The normalized spacial score (nSPS) is 10.6. The topological polar surface area (TPSA) is 101 Å². The van der Waals surface area contributed by atoms with E-state index in [1.165, 1.54) is 12.3 Å². The van der Waals surface area contributed by atoms with Gasteiger partial charge in [0.25, 0.3) is 11.5 Å². The largest absolute Gasteiger partial charge is 0.462 e. The summed E-state index contributed by atoms with van der Waals surface area (Å²) in [6.45, 7) is 3.89. The van der Waals surface area contributed by atoms with Crippen LogP contribution in [0, 0.1) is 6.92 Å². The highest BCUT2D eigenvalue weighted by molar-refractivity contribution is 7.17. The third-order valence-corrected chi connectivity index (χ3v) is 4.34. The van der Waals surface area contributed by atoms with Crippen LogP contribution >= 0.6 is 11.3 Å². The molecular weight excluding hydrogens is 342 g/mol. The Morgan fingerprint density at radius 2 is 2.12 bits per heavy atom. The maximum Gasteiger partial charge on any atom is 0.350 e. The van der Waals surface area contributed by atoms with Gasteiger partial charge in [0.2, 0.25) is 0 Å². The molecule has 7 nitrogen and oxygen atoms in total. The van der Waals surface area contributed by atoms with Crippen LogP contribution in [0.2, 0.25) is 0 Å². The predicted molar refractivity (Wildman–Crippen MR) is 95.3 cm³/mol. The number of ether oxygens (including phenoxy) is 1. The van der Waals surface area contributed by atoms with Gasteiger partial charge >= 0.3 is 5.97 Å². The number of carbonyl (C=O) groups excluding carboxylic acids is 2. The summed E-state index contributed by atoms with van der Waals surface area (Å²) in [6, 6.07) is 7.09. The van der Waals surface area contributed by atoms with E-state index in [0.29, 0.717) is 5.52 Å². The van der Waals surface area contributed by atoms with Gasteiger partial charge in [-0.05, 0) is 37.4 Å². The third-order valence-electron chi connectivity index (χ3n) is 3.45. The molecular formula is C17H15N3O4S. The minimum absolute atomic E-state index is 0.0222. The number of nitrogens with zero attached hydrogens (tertiary/aromatic N) is 1. The molecule has 0 aliphatic carbocycles. The first-order valence-corrected chi connectivity index (χ1v) is 8.37.